The van der Waals surface area contributed by atoms with E-state index in [0.29, 0.717) is 5.92 Å². The Morgan fingerprint density at radius 2 is 1.81 bits per heavy atom. The van der Waals surface area contributed by atoms with Gasteiger partial charge in [0.1, 0.15) is 5.75 Å². The highest BCUT2D eigenvalue weighted by molar-refractivity contribution is 9.10. The molecule has 0 bridgehead atoms. The molecule has 0 heterocycles. The SMILES string of the molecule is COCCNCC(CCOc1ccc(Br)cc1)C(C)(C)C. The first-order chi connectivity index (χ1) is 9.93. The zero-order valence-electron chi connectivity index (χ0n) is 13.6. The highest BCUT2D eigenvalue weighted by Crippen LogP contribution is 2.28. The van der Waals surface area contributed by atoms with Crippen molar-refractivity contribution in [3.8, 4) is 5.75 Å². The summed E-state index contributed by atoms with van der Waals surface area (Å²) in [7, 11) is 1.73. The van der Waals surface area contributed by atoms with E-state index in [-0.39, 0.29) is 5.41 Å². The van der Waals surface area contributed by atoms with Crippen LogP contribution in [-0.4, -0.2) is 33.4 Å². The second-order valence-electron chi connectivity index (χ2n) is 6.35. The molecular formula is C17H28BrNO2. The van der Waals surface area contributed by atoms with E-state index < -0.39 is 0 Å². The molecule has 1 atom stereocenters. The van der Waals surface area contributed by atoms with Gasteiger partial charge in [-0.25, -0.2) is 0 Å². The molecule has 1 aromatic carbocycles. The summed E-state index contributed by atoms with van der Waals surface area (Å²) in [5.41, 5.74) is 0.267. The molecule has 120 valence electrons. The van der Waals surface area contributed by atoms with Crippen LogP contribution in [0.1, 0.15) is 27.2 Å². The fourth-order valence-electron chi connectivity index (χ4n) is 2.14. The highest BCUT2D eigenvalue weighted by Gasteiger charge is 2.24. The van der Waals surface area contributed by atoms with Crippen molar-refractivity contribution in [1.82, 2.24) is 5.32 Å². The second-order valence-corrected chi connectivity index (χ2v) is 7.27. The lowest BCUT2D eigenvalue weighted by Crippen LogP contribution is -2.34. The average molecular weight is 358 g/mol. The minimum Gasteiger partial charge on any atom is -0.494 e. The molecule has 0 fully saturated rings. The van der Waals surface area contributed by atoms with Crippen molar-refractivity contribution in [3.63, 3.8) is 0 Å². The third kappa shape index (κ3) is 7.84. The Balaban J connectivity index is 2.37. The summed E-state index contributed by atoms with van der Waals surface area (Å²) in [5, 5.41) is 3.46. The molecule has 3 nitrogen and oxygen atoms in total. The Kier molecular flexibility index (Phi) is 8.30. The minimum atomic E-state index is 0.267. The molecule has 0 aliphatic heterocycles. The van der Waals surface area contributed by atoms with Crippen LogP contribution in [0.5, 0.6) is 5.75 Å². The van der Waals surface area contributed by atoms with Crippen LogP contribution in [0.15, 0.2) is 28.7 Å². The monoisotopic (exact) mass is 357 g/mol. The molecule has 0 spiro atoms. The fourth-order valence-corrected chi connectivity index (χ4v) is 2.41. The molecule has 0 saturated heterocycles. The Bertz CT molecular complexity index is 387. The van der Waals surface area contributed by atoms with Crippen LogP contribution in [0.2, 0.25) is 0 Å². The van der Waals surface area contributed by atoms with Crippen LogP contribution in [0.3, 0.4) is 0 Å². The number of nitrogens with one attached hydrogen (secondary N) is 1. The van der Waals surface area contributed by atoms with Gasteiger partial charge in [0.2, 0.25) is 0 Å². The standard InChI is InChI=1S/C17H28BrNO2/c1-17(2,3)14(13-19-10-12-20-4)9-11-21-16-7-5-15(18)6-8-16/h5-8,14,19H,9-13H2,1-4H3. The zero-order chi connectivity index (χ0) is 15.7. The summed E-state index contributed by atoms with van der Waals surface area (Å²) < 4.78 is 12.0. The van der Waals surface area contributed by atoms with Gasteiger partial charge in [0, 0.05) is 18.1 Å². The van der Waals surface area contributed by atoms with Crippen LogP contribution < -0.4 is 10.1 Å². The number of benzene rings is 1. The molecule has 1 rings (SSSR count). The molecule has 4 heteroatoms. The largest absolute Gasteiger partial charge is 0.494 e. The van der Waals surface area contributed by atoms with Crippen molar-refractivity contribution in [2.75, 3.05) is 33.4 Å². The quantitative estimate of drug-likeness (QED) is 0.674. The Hall–Kier alpha value is -0.580. The average Bonchev–Trinajstić information content (AvgIpc) is 2.42. The predicted octanol–water partition coefficient (Wildman–Crippen LogP) is 4.12. The number of halogens is 1. The van der Waals surface area contributed by atoms with Crippen molar-refractivity contribution in [2.24, 2.45) is 11.3 Å². The highest BCUT2D eigenvalue weighted by atomic mass is 79.9. The second kappa shape index (κ2) is 9.44. The first kappa shape index (κ1) is 18.5. The lowest BCUT2D eigenvalue weighted by Gasteiger charge is -2.31. The number of hydrogen-bond acceptors (Lipinski definition) is 3. The first-order valence-corrected chi connectivity index (χ1v) is 8.31. The van der Waals surface area contributed by atoms with Gasteiger partial charge in [0.15, 0.2) is 0 Å². The van der Waals surface area contributed by atoms with Crippen molar-refractivity contribution in [1.29, 1.82) is 0 Å². The summed E-state index contributed by atoms with van der Waals surface area (Å²) in [4.78, 5) is 0. The molecule has 0 radical (unpaired) electrons. The van der Waals surface area contributed by atoms with Crippen molar-refractivity contribution in [2.45, 2.75) is 27.2 Å². The molecule has 1 aromatic rings. The van der Waals surface area contributed by atoms with Gasteiger partial charge in [-0.2, -0.15) is 0 Å². The van der Waals surface area contributed by atoms with Gasteiger partial charge in [-0.15, -0.1) is 0 Å². The van der Waals surface area contributed by atoms with E-state index in [0.717, 1.165) is 42.9 Å². The zero-order valence-corrected chi connectivity index (χ0v) is 15.2. The molecule has 0 aliphatic carbocycles. The maximum Gasteiger partial charge on any atom is 0.119 e. The summed E-state index contributed by atoms with van der Waals surface area (Å²) in [6, 6.07) is 7.99. The normalized spacial score (nSPS) is 13.2. The molecular weight excluding hydrogens is 330 g/mol. The maximum atomic E-state index is 5.84. The first-order valence-electron chi connectivity index (χ1n) is 7.51. The molecule has 1 N–H and O–H groups in total. The molecule has 1 unspecified atom stereocenters. The van der Waals surface area contributed by atoms with Crippen molar-refractivity contribution < 1.29 is 9.47 Å². The van der Waals surface area contributed by atoms with Gasteiger partial charge in [0.05, 0.1) is 13.2 Å². The van der Waals surface area contributed by atoms with Crippen LogP contribution in [0.4, 0.5) is 0 Å². The van der Waals surface area contributed by atoms with Gasteiger partial charge in [-0.05, 0) is 48.6 Å². The smallest absolute Gasteiger partial charge is 0.119 e. The van der Waals surface area contributed by atoms with Crippen molar-refractivity contribution >= 4 is 15.9 Å². The van der Waals surface area contributed by atoms with Gasteiger partial charge in [0.25, 0.3) is 0 Å². The molecule has 0 aliphatic rings. The van der Waals surface area contributed by atoms with Crippen LogP contribution in [0.25, 0.3) is 0 Å². The number of rotatable bonds is 9. The fraction of sp³-hybridized carbons (Fsp3) is 0.647. The maximum absolute atomic E-state index is 5.84. The predicted molar refractivity (Wildman–Crippen MR) is 91.9 cm³/mol. The van der Waals surface area contributed by atoms with E-state index >= 15 is 0 Å². The minimum absolute atomic E-state index is 0.267. The van der Waals surface area contributed by atoms with Crippen LogP contribution in [0, 0.1) is 11.3 Å². The topological polar surface area (TPSA) is 30.5 Å². The van der Waals surface area contributed by atoms with E-state index in [1.54, 1.807) is 7.11 Å². The molecule has 21 heavy (non-hydrogen) atoms. The Labute approximate surface area is 137 Å². The lowest BCUT2D eigenvalue weighted by molar-refractivity contribution is 0.166. The lowest BCUT2D eigenvalue weighted by atomic mass is 9.79. The van der Waals surface area contributed by atoms with Gasteiger partial charge < -0.3 is 14.8 Å². The third-order valence-corrected chi connectivity index (χ3v) is 4.18. The summed E-state index contributed by atoms with van der Waals surface area (Å²) in [5.74, 6) is 1.50. The van der Waals surface area contributed by atoms with Gasteiger partial charge in [-0.1, -0.05) is 36.7 Å². The van der Waals surface area contributed by atoms with E-state index in [1.165, 1.54) is 0 Å². The van der Waals surface area contributed by atoms with Crippen molar-refractivity contribution in [3.05, 3.63) is 28.7 Å². The van der Waals surface area contributed by atoms with Crippen LogP contribution in [-0.2, 0) is 4.74 Å². The van der Waals surface area contributed by atoms with E-state index in [2.05, 4.69) is 42.0 Å². The number of methoxy groups -OCH3 is 1. The summed E-state index contributed by atoms with van der Waals surface area (Å²) >= 11 is 3.43. The Morgan fingerprint density at radius 3 is 2.38 bits per heavy atom. The van der Waals surface area contributed by atoms with Gasteiger partial charge in [-0.3, -0.25) is 0 Å². The molecule has 0 aromatic heterocycles. The third-order valence-electron chi connectivity index (χ3n) is 3.65. The van der Waals surface area contributed by atoms with Gasteiger partial charge >= 0.3 is 0 Å². The molecule has 0 amide bonds. The molecule has 0 saturated carbocycles. The van der Waals surface area contributed by atoms with Crippen LogP contribution >= 0.6 is 15.9 Å². The number of ether oxygens (including phenoxy) is 2. The van der Waals surface area contributed by atoms with E-state index in [9.17, 15) is 0 Å². The van der Waals surface area contributed by atoms with E-state index in [1.807, 2.05) is 24.3 Å². The summed E-state index contributed by atoms with van der Waals surface area (Å²) in [6.45, 7) is 10.3. The number of hydrogen-bond donors (Lipinski definition) is 1. The van der Waals surface area contributed by atoms with E-state index in [4.69, 9.17) is 9.47 Å². The summed E-state index contributed by atoms with van der Waals surface area (Å²) in [6.07, 6.45) is 1.04. The Morgan fingerprint density at radius 1 is 1.14 bits per heavy atom.